The number of rotatable bonds is 39. The molecule has 15 rings (SSSR count). The summed E-state index contributed by atoms with van der Waals surface area (Å²) in [6, 6.07) is -0.984. The van der Waals surface area contributed by atoms with Gasteiger partial charge in [0.25, 0.3) is 16.7 Å². The van der Waals surface area contributed by atoms with Gasteiger partial charge in [0.05, 0.1) is 51.0 Å². The minimum atomic E-state index is -5.18. The summed E-state index contributed by atoms with van der Waals surface area (Å²) in [5.41, 5.74) is -20.8. The molecule has 0 N–H and O–H groups in total. The van der Waals surface area contributed by atoms with Gasteiger partial charge >= 0.3 is 18.5 Å². The van der Waals surface area contributed by atoms with Gasteiger partial charge in [0.1, 0.15) is 37.1 Å². The van der Waals surface area contributed by atoms with Crippen LogP contribution in [-0.2, 0) is 128 Å². The van der Waals surface area contributed by atoms with Crippen molar-refractivity contribution in [1.29, 1.82) is 0 Å². The van der Waals surface area contributed by atoms with Crippen LogP contribution in [0.1, 0.15) is 208 Å². The molecule has 0 fully saturated rings. The van der Waals surface area contributed by atoms with E-state index in [0.717, 1.165) is 52.5 Å². The lowest BCUT2D eigenvalue weighted by atomic mass is 9.98. The van der Waals surface area contributed by atoms with Crippen LogP contribution in [-0.4, -0.2) is 154 Å². The van der Waals surface area contributed by atoms with E-state index in [-0.39, 0.29) is 133 Å². The summed E-state index contributed by atoms with van der Waals surface area (Å²) in [4.78, 5) is 101. The fourth-order valence-electron chi connectivity index (χ4n) is 14.4. The zero-order valence-corrected chi connectivity index (χ0v) is 80.0. The Balaban J connectivity index is 0.000000225. The third kappa shape index (κ3) is 29.5. The number of thioether (sulfide) groups is 3. The van der Waals surface area contributed by atoms with Gasteiger partial charge in [-0.3, -0.25) is 28.8 Å². The number of benzene rings is 9. The number of hydrogen-bond donors (Lipinski definition) is 0. The summed E-state index contributed by atoms with van der Waals surface area (Å²) in [7, 11) is 0. The van der Waals surface area contributed by atoms with E-state index in [4.69, 9.17) is 52.1 Å². The summed E-state index contributed by atoms with van der Waals surface area (Å²) in [6.07, 6.45) is -19.1. The quantitative estimate of drug-likeness (QED) is 0.0202. The second-order valence-corrected chi connectivity index (χ2v) is 33.8. The van der Waals surface area contributed by atoms with E-state index in [1.165, 1.54) is 97.8 Å². The predicted molar refractivity (Wildman–Crippen MR) is 539 cm³/mol. The van der Waals surface area contributed by atoms with E-state index in [2.05, 4.69) is 15.0 Å². The van der Waals surface area contributed by atoms with E-state index >= 15 is 0 Å². The first-order valence-corrected chi connectivity index (χ1v) is 46.7. The number of hydrogen-bond acceptors (Lipinski definition) is 15. The first-order chi connectivity index (χ1) is 85.0. The molecule has 0 saturated carbocycles. The smallest absolute Gasteiger partial charge is 0.336 e. The van der Waals surface area contributed by atoms with E-state index in [9.17, 15) is 86.9 Å². The van der Waals surface area contributed by atoms with E-state index in [1.54, 1.807) is 26.0 Å². The molecule has 0 bridgehead atoms. The fourth-order valence-corrected chi connectivity index (χ4v) is 16.5. The van der Waals surface area contributed by atoms with Gasteiger partial charge in [-0.2, -0.15) is 54.5 Å². The Labute approximate surface area is 897 Å². The predicted octanol–water partition coefficient (Wildman–Crippen LogP) is 22.2. The van der Waals surface area contributed by atoms with Gasteiger partial charge < -0.3 is 43.1 Å². The maximum atomic E-state index is 14.8. The number of likely N-dealkylation sites (N-methyl/N-ethyl adjacent to an activating group) is 3. The Bertz CT molecular complexity index is 8840. The highest BCUT2D eigenvalue weighted by molar-refractivity contribution is 7.98. The summed E-state index contributed by atoms with van der Waals surface area (Å²) >= 11 is 0.0765. The molecule has 143 heavy (non-hydrogen) atoms. The molecule has 756 valence electrons. The number of carbonyl (C=O) groups excluding carboxylic acids is 3. The molecule has 33 heteroatoms. The third-order valence-electron chi connectivity index (χ3n) is 22.0. The zero-order valence-electron chi connectivity index (χ0n) is 120. The standard InChI is InChI=1S/2C37H40F4N4O2S.C36H38F4N4O2S/c1-4-43(5-2)18-19-44(22-26-6-10-28(11-7-26)29-12-14-30(15-13-29)37(39,40)41)34(46)23-45-33-21-25(3)20-32(33)35(47)42-36(45)48-24-27-8-16-31(38)17-9-27;1-4-43(5-2)19-20-44(22-26-9-13-28(14-10-26)29-15-18-32(25(3)21-29)37(39,40)41)34(46)23-45-33-8-6-7-31(33)35(47)42-36(45)48-24-27-11-16-30(38)17-12-27;1-3-42(4-2)20-21-43(22-25-8-12-27(13-9-25)28-14-16-29(17-15-28)36(38,39)40)33(45)23-44-32-7-5-6-31(32)34(46)41-35(44)47-24-26-10-18-30(37)19-11-26/h6-17,25H,4-5,18-24H2,1-3H3;9-18,21H,4-8,19-20,22-24H2,1-3H3;8-19H,3-7,20-24H2,1-2H3/i8D,9D,16D,17D,18D2,19D2,20D2,21D2,24D2,25D;9D,10D,11D,12D,13D,14D,15D,16D,17D,18D,19D2,20D2,21D,24D2;10D,11D,18D,19D,20D2,21D2,24D2. The number of aromatic nitrogens is 6. The highest BCUT2D eigenvalue weighted by atomic mass is 32.2. The molecular formula is C110H118F12N12O6S3. The van der Waals surface area contributed by atoms with Crippen LogP contribution in [0.3, 0.4) is 0 Å². The van der Waals surface area contributed by atoms with Crippen LogP contribution in [0, 0.1) is 30.3 Å². The van der Waals surface area contributed by atoms with E-state index < -0.39 is 382 Å². The number of fused-ring (bicyclic) bond motifs is 3. The van der Waals surface area contributed by atoms with Crippen LogP contribution < -0.4 is 16.7 Å². The molecule has 0 saturated heterocycles. The van der Waals surface area contributed by atoms with Crippen LogP contribution in [0.2, 0.25) is 0 Å². The Hall–Kier alpha value is -11.9. The van der Waals surface area contributed by atoms with Crippen molar-refractivity contribution in [3.8, 4) is 33.4 Å². The highest BCUT2D eigenvalue weighted by Crippen LogP contribution is 2.39. The fraction of sp³-hybridized carbons (Fsp3) is 0.373. The Morgan fingerprint density at radius 1 is 0.385 bits per heavy atom. The van der Waals surface area contributed by atoms with Gasteiger partial charge in [-0.15, -0.1) is 0 Å². The van der Waals surface area contributed by atoms with Crippen LogP contribution >= 0.6 is 35.3 Å². The Kier molecular flexibility index (Phi) is 22.7. The molecule has 3 heterocycles. The molecule has 0 radical (unpaired) electrons. The number of carbonyl (C=O) groups is 3. The average molecular weight is 2070 g/mol. The van der Waals surface area contributed by atoms with Crippen molar-refractivity contribution in [2.75, 3.05) is 78.2 Å². The maximum Gasteiger partial charge on any atom is 0.416 e. The Morgan fingerprint density at radius 2 is 0.692 bits per heavy atom. The zero-order chi connectivity index (χ0) is 140. The largest absolute Gasteiger partial charge is 0.416 e. The summed E-state index contributed by atoms with van der Waals surface area (Å²) in [5.74, 6) is -11.2. The first kappa shape index (κ1) is 64.8. The van der Waals surface area contributed by atoms with Crippen LogP contribution in [0.25, 0.3) is 33.4 Å². The number of nitrogens with zero attached hydrogens (tertiary/aromatic N) is 12. The number of amides is 3. The van der Waals surface area contributed by atoms with Crippen molar-refractivity contribution in [2.24, 2.45) is 5.89 Å². The highest BCUT2D eigenvalue weighted by Gasteiger charge is 2.36. The second kappa shape index (κ2) is 50.1. The van der Waals surface area contributed by atoms with Crippen molar-refractivity contribution in [2.45, 2.75) is 197 Å². The van der Waals surface area contributed by atoms with Crippen molar-refractivity contribution >= 4 is 53.0 Å². The minimum Gasteiger partial charge on any atom is -0.336 e. The molecule has 3 aliphatic carbocycles. The molecular weight excluding hydrogens is 1910 g/mol. The van der Waals surface area contributed by atoms with Gasteiger partial charge in [-0.1, -0.05) is 229 Å². The lowest BCUT2D eigenvalue weighted by molar-refractivity contribution is -0.138. The lowest BCUT2D eigenvalue weighted by Crippen LogP contribution is -2.40. The minimum absolute atomic E-state index is 0.0482. The molecule has 3 amide bonds. The molecule has 12 aromatic rings. The summed E-state index contributed by atoms with van der Waals surface area (Å²) in [5, 5.41) is -1.97. The SMILES string of the molecule is [2H]c1c([2H])c(C([2H])([2H])Sc2nc(=O)c3c(n2CC(=O)N(Cc2c([2H])c([2H])c(-c4c([2H])c([2H])c(C(F)(F)F)c(C)c4[2H])c([2H])c2[2H])C([2H])([2H])C([2H])([2H])N(CC)CC)CCC3)c([2H])c([2H])c1F.[2H]c1c([2H])c(C([2H])([2H])Sc2nc(=O)c3c(n2CC(=O)N(Cc2ccc(-c4ccc(C(F)(F)F)cc4)cc2)C([2H])([2H])C([2H])([2H])N(CC)CC)C([2H])([2H])C([2H])(C)C3([2H])[2H])c([2H])c([2H])c1F.[2H]c1c([2H])c(C([2H])([2H])Sc2nc(=O)c3c(n2CC(=O)N(Cc2ccc(-c4ccc(C(F)(F)F)cc4)cc2)C([2H])([2H])C([2H])([2H])N(CC)CC)CCC3)c([2H])c([2H])c1F. The number of halogens is 12. The average Bonchev–Trinajstić information content (AvgIpc) is 1.52. The normalized spacial score (nSPS) is 19.7. The molecule has 0 aliphatic heterocycles. The summed E-state index contributed by atoms with van der Waals surface area (Å²) < 4.78 is 529. The molecule has 18 nitrogen and oxygen atoms in total. The van der Waals surface area contributed by atoms with Gasteiger partial charge in [-0.05, 0) is 242 Å². The van der Waals surface area contributed by atoms with Crippen molar-refractivity contribution in [3.05, 3.63) is 350 Å². The molecule has 1 atom stereocenters. The van der Waals surface area contributed by atoms with Gasteiger partial charge in [-0.25, -0.2) is 13.2 Å². The van der Waals surface area contributed by atoms with Crippen molar-refractivity contribution in [3.63, 3.8) is 0 Å². The monoisotopic (exact) mass is 2070 g/mol. The molecule has 1 unspecified atom stereocenters. The molecule has 3 aromatic heterocycles. The van der Waals surface area contributed by atoms with Crippen molar-refractivity contribution in [1.82, 2.24) is 58.1 Å². The van der Waals surface area contributed by atoms with Crippen LogP contribution in [0.15, 0.2) is 242 Å². The molecule has 9 aromatic carbocycles. The Morgan fingerprint density at radius 3 is 1.02 bits per heavy atom. The van der Waals surface area contributed by atoms with Gasteiger partial charge in [0.15, 0.2) is 15.5 Å². The topological polar surface area (TPSA) is 175 Å². The summed E-state index contributed by atoms with van der Waals surface area (Å²) in [6.45, 7) is -13.5. The number of alkyl halides is 9. The maximum absolute atomic E-state index is 14.8. The molecule has 3 aliphatic rings. The van der Waals surface area contributed by atoms with Gasteiger partial charge in [0.2, 0.25) is 17.7 Å². The van der Waals surface area contributed by atoms with Crippen LogP contribution in [0.4, 0.5) is 52.7 Å². The van der Waals surface area contributed by atoms with Crippen LogP contribution in [0.5, 0.6) is 0 Å². The van der Waals surface area contributed by atoms with Gasteiger partial charge in [0, 0.05) is 133 Å². The second-order valence-electron chi connectivity index (χ2n) is 31.5. The molecule has 0 spiro atoms. The van der Waals surface area contributed by atoms with E-state index in [1.807, 2.05) is 0 Å². The van der Waals surface area contributed by atoms with E-state index in [0.29, 0.717) is 55.0 Å². The first-order valence-electron chi connectivity index (χ1n) is 65.3. The third-order valence-corrected chi connectivity index (χ3v) is 24.4. The van der Waals surface area contributed by atoms with Crippen molar-refractivity contribution < 1.29 is 125 Å². The lowest BCUT2D eigenvalue weighted by Gasteiger charge is -2.28.